The largest absolute Gasteiger partial charge is 0.481 e. The molecule has 0 amide bonds. The van der Waals surface area contributed by atoms with E-state index in [1.165, 1.54) is 7.11 Å². The number of carbonyl (C=O) groups excluding carboxylic acids is 1. The van der Waals surface area contributed by atoms with Crippen molar-refractivity contribution in [2.75, 3.05) is 7.11 Å². The summed E-state index contributed by atoms with van der Waals surface area (Å²) in [4.78, 5) is 22.8. The van der Waals surface area contributed by atoms with E-state index < -0.39 is 22.7 Å². The molecule has 2 atom stereocenters. The molecule has 0 saturated heterocycles. The summed E-state index contributed by atoms with van der Waals surface area (Å²) in [5, 5.41) is 9.08. The van der Waals surface area contributed by atoms with Gasteiger partial charge in [0.15, 0.2) is 0 Å². The van der Waals surface area contributed by atoms with Crippen LogP contribution >= 0.6 is 0 Å². The zero-order chi connectivity index (χ0) is 11.9. The number of esters is 1. The molecule has 0 spiro atoms. The number of carboxylic acid groups (broad SMARTS) is 1. The van der Waals surface area contributed by atoms with Gasteiger partial charge < -0.3 is 9.84 Å². The van der Waals surface area contributed by atoms with Gasteiger partial charge in [0.25, 0.3) is 0 Å². The summed E-state index contributed by atoms with van der Waals surface area (Å²) in [6.07, 6.45) is 1.11. The van der Waals surface area contributed by atoms with E-state index >= 15 is 0 Å². The monoisotopic (exact) mass is 214 g/mol. The Hall–Kier alpha value is -1.06. The van der Waals surface area contributed by atoms with E-state index in [-0.39, 0.29) is 5.97 Å². The molecule has 1 aliphatic carbocycles. The first-order valence-corrected chi connectivity index (χ1v) is 5.08. The average Bonchev–Trinajstić information content (AvgIpc) is 2.38. The van der Waals surface area contributed by atoms with Gasteiger partial charge in [-0.1, -0.05) is 13.8 Å². The normalized spacial score (nSPS) is 33.7. The molecule has 0 aromatic carbocycles. The molecule has 0 radical (unpaired) electrons. The summed E-state index contributed by atoms with van der Waals surface area (Å²) in [5.41, 5.74) is -1.25. The second-order valence-corrected chi connectivity index (χ2v) is 4.97. The van der Waals surface area contributed by atoms with Crippen molar-refractivity contribution < 1.29 is 19.4 Å². The predicted octanol–water partition coefficient (Wildman–Crippen LogP) is 1.69. The van der Waals surface area contributed by atoms with Crippen LogP contribution in [0.5, 0.6) is 0 Å². The standard InChI is InChI=1S/C11H18O4/c1-10(2)7(8(12)13)5-6-11(10,3)9(14)15-4/h7H,5-6H2,1-4H3,(H,12,13). The van der Waals surface area contributed by atoms with Crippen LogP contribution in [0, 0.1) is 16.7 Å². The van der Waals surface area contributed by atoms with Gasteiger partial charge in [-0.2, -0.15) is 0 Å². The summed E-state index contributed by atoms with van der Waals surface area (Å²) in [5.74, 6) is -1.61. The first-order chi connectivity index (χ1) is 6.77. The summed E-state index contributed by atoms with van der Waals surface area (Å²) in [6.45, 7) is 5.45. The van der Waals surface area contributed by atoms with Crippen molar-refractivity contribution in [3.63, 3.8) is 0 Å². The van der Waals surface area contributed by atoms with E-state index in [1.807, 2.05) is 13.8 Å². The molecule has 4 heteroatoms. The Kier molecular flexibility index (Phi) is 2.81. The lowest BCUT2D eigenvalue weighted by Gasteiger charge is -2.37. The molecule has 1 N–H and O–H groups in total. The Labute approximate surface area is 89.6 Å². The highest BCUT2D eigenvalue weighted by Crippen LogP contribution is 2.56. The minimum atomic E-state index is -0.826. The molecule has 0 bridgehead atoms. The predicted molar refractivity (Wildman–Crippen MR) is 54.3 cm³/mol. The third kappa shape index (κ3) is 1.52. The first-order valence-electron chi connectivity index (χ1n) is 5.08. The Balaban J connectivity index is 3.06. The van der Waals surface area contributed by atoms with Crippen LogP contribution < -0.4 is 0 Å². The maximum Gasteiger partial charge on any atom is 0.312 e. The maximum atomic E-state index is 11.7. The number of carboxylic acids is 1. The van der Waals surface area contributed by atoms with Crippen LogP contribution in [-0.4, -0.2) is 24.2 Å². The average molecular weight is 214 g/mol. The van der Waals surface area contributed by atoms with Crippen LogP contribution in [0.15, 0.2) is 0 Å². The quantitative estimate of drug-likeness (QED) is 0.710. The van der Waals surface area contributed by atoms with Crippen molar-refractivity contribution in [3.05, 3.63) is 0 Å². The van der Waals surface area contributed by atoms with E-state index in [0.29, 0.717) is 12.8 Å². The fraction of sp³-hybridized carbons (Fsp3) is 0.818. The number of carbonyl (C=O) groups is 2. The van der Waals surface area contributed by atoms with Gasteiger partial charge in [0.1, 0.15) is 0 Å². The van der Waals surface area contributed by atoms with E-state index in [1.54, 1.807) is 6.92 Å². The number of methoxy groups -OCH3 is 1. The van der Waals surface area contributed by atoms with Crippen molar-refractivity contribution in [1.82, 2.24) is 0 Å². The molecular weight excluding hydrogens is 196 g/mol. The van der Waals surface area contributed by atoms with Gasteiger partial charge in [0.2, 0.25) is 0 Å². The van der Waals surface area contributed by atoms with Gasteiger partial charge in [-0.3, -0.25) is 9.59 Å². The Morgan fingerprint density at radius 1 is 1.33 bits per heavy atom. The van der Waals surface area contributed by atoms with Crippen molar-refractivity contribution in [3.8, 4) is 0 Å². The SMILES string of the molecule is COC(=O)C1(C)CCC(C(=O)O)C1(C)C. The topological polar surface area (TPSA) is 63.6 Å². The molecule has 2 unspecified atom stereocenters. The molecule has 0 aromatic heterocycles. The van der Waals surface area contributed by atoms with Crippen LogP contribution in [0.2, 0.25) is 0 Å². The summed E-state index contributed by atoms with van der Waals surface area (Å²) >= 11 is 0. The number of ether oxygens (including phenoxy) is 1. The van der Waals surface area contributed by atoms with Crippen LogP contribution in [0.1, 0.15) is 33.6 Å². The lowest BCUT2D eigenvalue weighted by Crippen LogP contribution is -2.43. The first kappa shape index (κ1) is 12.0. The van der Waals surface area contributed by atoms with Crippen LogP contribution in [0.25, 0.3) is 0 Å². The smallest absolute Gasteiger partial charge is 0.312 e. The molecule has 0 aliphatic heterocycles. The van der Waals surface area contributed by atoms with Crippen LogP contribution in [0.4, 0.5) is 0 Å². The van der Waals surface area contributed by atoms with Crippen LogP contribution in [-0.2, 0) is 14.3 Å². The van der Waals surface area contributed by atoms with Crippen LogP contribution in [0.3, 0.4) is 0 Å². The maximum absolute atomic E-state index is 11.7. The summed E-state index contributed by atoms with van der Waals surface area (Å²) in [7, 11) is 1.34. The molecule has 1 aliphatic rings. The molecular formula is C11H18O4. The molecule has 4 nitrogen and oxygen atoms in total. The zero-order valence-electron chi connectivity index (χ0n) is 9.66. The molecule has 15 heavy (non-hydrogen) atoms. The van der Waals surface area contributed by atoms with Crippen molar-refractivity contribution in [2.24, 2.45) is 16.7 Å². The molecule has 86 valence electrons. The van der Waals surface area contributed by atoms with E-state index in [9.17, 15) is 9.59 Å². The van der Waals surface area contributed by atoms with E-state index in [0.717, 1.165) is 0 Å². The number of hydrogen-bond acceptors (Lipinski definition) is 3. The summed E-state index contributed by atoms with van der Waals surface area (Å²) in [6, 6.07) is 0. The molecule has 1 rings (SSSR count). The molecule has 0 heterocycles. The highest BCUT2D eigenvalue weighted by atomic mass is 16.5. The molecule has 1 fully saturated rings. The van der Waals surface area contributed by atoms with Crippen molar-refractivity contribution in [1.29, 1.82) is 0 Å². The highest BCUT2D eigenvalue weighted by Gasteiger charge is 2.58. The van der Waals surface area contributed by atoms with E-state index in [4.69, 9.17) is 9.84 Å². The van der Waals surface area contributed by atoms with Crippen molar-refractivity contribution >= 4 is 11.9 Å². The Morgan fingerprint density at radius 3 is 2.20 bits per heavy atom. The Bertz CT molecular complexity index is 295. The third-order valence-corrected chi connectivity index (χ3v) is 4.16. The van der Waals surface area contributed by atoms with E-state index in [2.05, 4.69) is 0 Å². The molecule has 0 aromatic rings. The summed E-state index contributed by atoms with van der Waals surface area (Å²) < 4.78 is 4.77. The van der Waals surface area contributed by atoms with Gasteiger partial charge in [0.05, 0.1) is 18.4 Å². The second-order valence-electron chi connectivity index (χ2n) is 4.97. The number of aliphatic carboxylic acids is 1. The zero-order valence-corrected chi connectivity index (χ0v) is 9.66. The highest BCUT2D eigenvalue weighted by molar-refractivity contribution is 5.81. The minimum absolute atomic E-state index is 0.309. The van der Waals surface area contributed by atoms with Gasteiger partial charge >= 0.3 is 11.9 Å². The van der Waals surface area contributed by atoms with Crippen molar-refractivity contribution in [2.45, 2.75) is 33.6 Å². The fourth-order valence-corrected chi connectivity index (χ4v) is 2.52. The second kappa shape index (κ2) is 3.51. The lowest BCUT2D eigenvalue weighted by molar-refractivity contribution is -0.160. The number of hydrogen-bond donors (Lipinski definition) is 1. The Morgan fingerprint density at radius 2 is 1.87 bits per heavy atom. The fourth-order valence-electron chi connectivity index (χ4n) is 2.52. The minimum Gasteiger partial charge on any atom is -0.481 e. The molecule has 1 saturated carbocycles. The van der Waals surface area contributed by atoms with Gasteiger partial charge in [-0.25, -0.2) is 0 Å². The number of rotatable bonds is 2. The third-order valence-electron chi connectivity index (χ3n) is 4.16. The van der Waals surface area contributed by atoms with Gasteiger partial charge in [-0.05, 0) is 25.2 Å². The lowest BCUT2D eigenvalue weighted by atomic mass is 9.66. The van der Waals surface area contributed by atoms with Gasteiger partial charge in [0, 0.05) is 0 Å². The van der Waals surface area contributed by atoms with Gasteiger partial charge in [-0.15, -0.1) is 0 Å².